The zero-order valence-electron chi connectivity index (χ0n) is 12.0. The van der Waals surface area contributed by atoms with Gasteiger partial charge in [-0.1, -0.05) is 19.3 Å². The fourth-order valence-electron chi connectivity index (χ4n) is 2.91. The Labute approximate surface area is 132 Å². The number of nitro groups is 1. The number of nitro benzene ring substituents is 1. The quantitative estimate of drug-likeness (QED) is 0.602. The summed E-state index contributed by atoms with van der Waals surface area (Å²) in [6.45, 7) is 2.59. The highest BCUT2D eigenvalue weighted by molar-refractivity contribution is 9.10. The Morgan fingerprint density at radius 2 is 2.05 bits per heavy atom. The van der Waals surface area contributed by atoms with Crippen LogP contribution in [0.5, 0.6) is 0 Å². The van der Waals surface area contributed by atoms with E-state index in [1.165, 1.54) is 12.5 Å². The molecule has 1 amide bonds. The molecule has 0 atom stereocenters. The molecular weight excluding hydrogens is 336 g/mol. The maximum atomic E-state index is 12.6. The Morgan fingerprint density at radius 3 is 2.62 bits per heavy atom. The number of halogens is 1. The van der Waals surface area contributed by atoms with E-state index in [9.17, 15) is 14.9 Å². The van der Waals surface area contributed by atoms with E-state index < -0.39 is 4.92 Å². The average Bonchev–Trinajstić information content (AvgIpc) is 2.49. The zero-order valence-corrected chi connectivity index (χ0v) is 13.6. The molecule has 0 heterocycles. The van der Waals surface area contributed by atoms with E-state index in [1.54, 1.807) is 12.1 Å². The fourth-order valence-corrected chi connectivity index (χ4v) is 3.30. The highest BCUT2D eigenvalue weighted by atomic mass is 79.9. The minimum absolute atomic E-state index is 0.0689. The number of hydrogen-bond donors (Lipinski definition) is 0. The molecule has 2 rings (SSSR count). The molecule has 114 valence electrons. The molecule has 1 saturated carbocycles. The Morgan fingerprint density at radius 1 is 1.38 bits per heavy atom. The lowest BCUT2D eigenvalue weighted by molar-refractivity contribution is -0.385. The summed E-state index contributed by atoms with van der Waals surface area (Å²) in [4.78, 5) is 25.0. The SMILES string of the molecule is CCN(C(=O)c1ccc(Br)c([N+](=O)[O-])c1)C1CCCCC1. The zero-order chi connectivity index (χ0) is 15.4. The molecule has 1 aliphatic rings. The van der Waals surface area contributed by atoms with Crippen LogP contribution >= 0.6 is 15.9 Å². The van der Waals surface area contributed by atoms with Gasteiger partial charge in [-0.3, -0.25) is 14.9 Å². The smallest absolute Gasteiger partial charge is 0.284 e. The van der Waals surface area contributed by atoms with Gasteiger partial charge in [-0.2, -0.15) is 0 Å². The monoisotopic (exact) mass is 354 g/mol. The molecule has 1 aromatic rings. The van der Waals surface area contributed by atoms with Crippen LogP contribution in [0.25, 0.3) is 0 Å². The minimum Gasteiger partial charge on any atom is -0.336 e. The van der Waals surface area contributed by atoms with Crippen molar-refractivity contribution >= 4 is 27.5 Å². The Bertz CT molecular complexity index is 542. The van der Waals surface area contributed by atoms with Crippen molar-refractivity contribution in [3.05, 3.63) is 38.3 Å². The van der Waals surface area contributed by atoms with Crippen LogP contribution in [0.2, 0.25) is 0 Å². The molecule has 0 aromatic heterocycles. The summed E-state index contributed by atoms with van der Waals surface area (Å²) in [5.74, 6) is -0.111. The Kier molecular flexibility index (Phi) is 5.33. The molecule has 0 bridgehead atoms. The summed E-state index contributed by atoms with van der Waals surface area (Å²) < 4.78 is 0.393. The number of carbonyl (C=O) groups is 1. The second kappa shape index (κ2) is 7.02. The number of carbonyl (C=O) groups excluding carboxylic acids is 1. The van der Waals surface area contributed by atoms with E-state index in [4.69, 9.17) is 0 Å². The summed E-state index contributed by atoms with van der Waals surface area (Å²) in [7, 11) is 0. The third kappa shape index (κ3) is 3.61. The molecule has 0 spiro atoms. The molecule has 21 heavy (non-hydrogen) atoms. The Balaban J connectivity index is 2.24. The lowest BCUT2D eigenvalue weighted by Crippen LogP contribution is -2.41. The average molecular weight is 355 g/mol. The molecule has 1 aliphatic carbocycles. The summed E-state index contributed by atoms with van der Waals surface area (Å²) in [6.07, 6.45) is 5.58. The maximum absolute atomic E-state index is 12.6. The first-order chi connectivity index (χ1) is 10.0. The summed E-state index contributed by atoms with van der Waals surface area (Å²) in [5.41, 5.74) is 0.317. The molecule has 0 radical (unpaired) electrons. The van der Waals surface area contributed by atoms with Crippen LogP contribution in [0.15, 0.2) is 22.7 Å². The molecule has 0 aliphatic heterocycles. The van der Waals surface area contributed by atoms with Crippen molar-refractivity contribution in [2.75, 3.05) is 6.54 Å². The lowest BCUT2D eigenvalue weighted by atomic mass is 9.93. The summed E-state index contributed by atoms with van der Waals surface area (Å²) in [6, 6.07) is 4.84. The van der Waals surface area contributed by atoms with Crippen molar-refractivity contribution < 1.29 is 9.72 Å². The van der Waals surface area contributed by atoms with Gasteiger partial charge in [0.25, 0.3) is 11.6 Å². The molecule has 1 fully saturated rings. The molecule has 0 N–H and O–H groups in total. The second-order valence-corrected chi connectivity index (χ2v) is 6.16. The molecule has 1 aromatic carbocycles. The van der Waals surface area contributed by atoms with E-state index in [-0.39, 0.29) is 17.6 Å². The van der Waals surface area contributed by atoms with Gasteiger partial charge in [0, 0.05) is 24.2 Å². The van der Waals surface area contributed by atoms with Crippen molar-refractivity contribution in [2.24, 2.45) is 0 Å². The van der Waals surface area contributed by atoms with E-state index >= 15 is 0 Å². The second-order valence-electron chi connectivity index (χ2n) is 5.31. The van der Waals surface area contributed by atoms with Gasteiger partial charge in [0.2, 0.25) is 0 Å². The van der Waals surface area contributed by atoms with Crippen LogP contribution < -0.4 is 0 Å². The minimum atomic E-state index is -0.474. The third-order valence-electron chi connectivity index (χ3n) is 4.01. The van der Waals surface area contributed by atoms with E-state index in [2.05, 4.69) is 15.9 Å². The van der Waals surface area contributed by atoms with Gasteiger partial charge in [0.15, 0.2) is 0 Å². The van der Waals surface area contributed by atoms with Crippen molar-refractivity contribution in [2.45, 2.75) is 45.1 Å². The van der Waals surface area contributed by atoms with Crippen molar-refractivity contribution in [1.82, 2.24) is 4.90 Å². The molecule has 0 unspecified atom stereocenters. The van der Waals surface area contributed by atoms with Crippen molar-refractivity contribution in [1.29, 1.82) is 0 Å². The molecular formula is C15H19BrN2O3. The number of benzene rings is 1. The largest absolute Gasteiger partial charge is 0.336 e. The standard InChI is InChI=1S/C15H19BrN2O3/c1-2-17(12-6-4-3-5-7-12)15(19)11-8-9-13(16)14(10-11)18(20)21/h8-10,12H,2-7H2,1H3. The maximum Gasteiger partial charge on any atom is 0.284 e. The van der Waals surface area contributed by atoms with Gasteiger partial charge in [-0.25, -0.2) is 0 Å². The predicted octanol–water partition coefficient (Wildman–Crippen LogP) is 4.15. The van der Waals surface area contributed by atoms with Gasteiger partial charge in [0.1, 0.15) is 0 Å². The van der Waals surface area contributed by atoms with Crippen LogP contribution in [0.4, 0.5) is 5.69 Å². The lowest BCUT2D eigenvalue weighted by Gasteiger charge is -2.33. The van der Waals surface area contributed by atoms with E-state index in [0.717, 1.165) is 25.7 Å². The van der Waals surface area contributed by atoms with E-state index in [1.807, 2.05) is 11.8 Å². The molecule has 0 saturated heterocycles. The molecule has 5 nitrogen and oxygen atoms in total. The molecule has 6 heteroatoms. The van der Waals surface area contributed by atoms with Gasteiger partial charge in [-0.05, 0) is 47.8 Å². The number of amides is 1. The fraction of sp³-hybridized carbons (Fsp3) is 0.533. The number of hydrogen-bond acceptors (Lipinski definition) is 3. The normalized spacial score (nSPS) is 15.7. The topological polar surface area (TPSA) is 63.5 Å². The van der Waals surface area contributed by atoms with Gasteiger partial charge >= 0.3 is 0 Å². The highest BCUT2D eigenvalue weighted by Crippen LogP contribution is 2.28. The van der Waals surface area contributed by atoms with E-state index in [0.29, 0.717) is 16.6 Å². The third-order valence-corrected chi connectivity index (χ3v) is 4.68. The summed E-state index contributed by atoms with van der Waals surface area (Å²) in [5, 5.41) is 11.0. The van der Waals surface area contributed by atoms with Crippen LogP contribution in [0, 0.1) is 10.1 Å². The number of rotatable bonds is 4. The van der Waals surface area contributed by atoms with Crippen molar-refractivity contribution in [3.63, 3.8) is 0 Å². The Hall–Kier alpha value is -1.43. The van der Waals surface area contributed by atoms with Gasteiger partial charge < -0.3 is 4.90 Å². The predicted molar refractivity (Wildman–Crippen MR) is 84.4 cm³/mol. The van der Waals surface area contributed by atoms with Crippen LogP contribution in [-0.4, -0.2) is 28.3 Å². The van der Waals surface area contributed by atoms with Crippen molar-refractivity contribution in [3.8, 4) is 0 Å². The first kappa shape index (κ1) is 15.9. The van der Waals surface area contributed by atoms with Gasteiger partial charge in [0.05, 0.1) is 9.40 Å². The van der Waals surface area contributed by atoms with Crippen LogP contribution in [0.1, 0.15) is 49.4 Å². The van der Waals surface area contributed by atoms with Crippen LogP contribution in [-0.2, 0) is 0 Å². The van der Waals surface area contributed by atoms with Crippen LogP contribution in [0.3, 0.4) is 0 Å². The first-order valence-corrected chi connectivity index (χ1v) is 8.08. The first-order valence-electron chi connectivity index (χ1n) is 7.29. The summed E-state index contributed by atoms with van der Waals surface area (Å²) >= 11 is 3.14. The van der Waals surface area contributed by atoms with Gasteiger partial charge in [-0.15, -0.1) is 0 Å². The number of nitrogens with zero attached hydrogens (tertiary/aromatic N) is 2. The highest BCUT2D eigenvalue weighted by Gasteiger charge is 2.26.